The van der Waals surface area contributed by atoms with E-state index in [1.165, 1.54) is 12.1 Å². The van der Waals surface area contributed by atoms with Crippen molar-refractivity contribution in [1.29, 1.82) is 0 Å². The van der Waals surface area contributed by atoms with Gasteiger partial charge in [-0.1, -0.05) is 31.0 Å². The van der Waals surface area contributed by atoms with Gasteiger partial charge in [-0.05, 0) is 24.1 Å². The second-order valence-electron chi connectivity index (χ2n) is 4.30. The van der Waals surface area contributed by atoms with Crippen LogP contribution in [0.3, 0.4) is 0 Å². The van der Waals surface area contributed by atoms with E-state index in [2.05, 4.69) is 4.72 Å². The molecule has 1 atom stereocenters. The van der Waals surface area contributed by atoms with Gasteiger partial charge in [0.05, 0.1) is 10.8 Å². The van der Waals surface area contributed by atoms with E-state index in [-0.39, 0.29) is 17.0 Å². The Balaban J connectivity index is 2.83. The average molecular weight is 324 g/mol. The number of nitrogens with one attached hydrogen (secondary N) is 1. The Morgan fingerprint density at radius 1 is 1.50 bits per heavy atom. The maximum Gasteiger partial charge on any atom is 0.321 e. The lowest BCUT2D eigenvalue weighted by Crippen LogP contribution is -2.41. The maximum atomic E-state index is 13.2. The predicted molar refractivity (Wildman–Crippen MR) is 73.5 cm³/mol. The van der Waals surface area contributed by atoms with Crippen LogP contribution in [0.25, 0.3) is 0 Å². The van der Waals surface area contributed by atoms with Crippen LogP contribution < -0.4 is 4.72 Å². The van der Waals surface area contributed by atoms with Crippen molar-refractivity contribution < 1.29 is 22.7 Å². The number of carbonyl (C=O) groups is 1. The van der Waals surface area contributed by atoms with Crippen molar-refractivity contribution in [3.63, 3.8) is 0 Å². The van der Waals surface area contributed by atoms with Crippen molar-refractivity contribution >= 4 is 27.6 Å². The molecule has 1 aromatic rings. The summed E-state index contributed by atoms with van der Waals surface area (Å²) in [5.74, 6) is -2.46. The topological polar surface area (TPSA) is 83.5 Å². The van der Waals surface area contributed by atoms with Gasteiger partial charge in [0, 0.05) is 0 Å². The molecule has 0 bridgehead atoms. The fourth-order valence-corrected chi connectivity index (χ4v) is 3.10. The number of sulfonamides is 1. The molecular formula is C12H15ClFNO4S. The normalized spacial score (nSPS) is 13.2. The van der Waals surface area contributed by atoms with Gasteiger partial charge in [0.15, 0.2) is 0 Å². The number of aliphatic carboxylic acids is 1. The van der Waals surface area contributed by atoms with Gasteiger partial charge in [0.2, 0.25) is 10.0 Å². The van der Waals surface area contributed by atoms with Gasteiger partial charge in [-0.15, -0.1) is 0 Å². The number of hydrogen-bond acceptors (Lipinski definition) is 3. The number of benzene rings is 1. The zero-order valence-corrected chi connectivity index (χ0v) is 12.3. The first-order valence-corrected chi connectivity index (χ1v) is 7.95. The summed E-state index contributed by atoms with van der Waals surface area (Å²) in [4.78, 5) is 10.9. The molecule has 0 heterocycles. The first-order valence-electron chi connectivity index (χ1n) is 5.92. The minimum atomic E-state index is -3.87. The summed E-state index contributed by atoms with van der Waals surface area (Å²) in [5.41, 5.74) is 0.194. The lowest BCUT2D eigenvalue weighted by Gasteiger charge is -2.14. The summed E-state index contributed by atoms with van der Waals surface area (Å²) >= 11 is 5.50. The molecule has 0 saturated heterocycles. The molecule has 0 amide bonds. The molecular weight excluding hydrogens is 309 g/mol. The van der Waals surface area contributed by atoms with Crippen molar-refractivity contribution in [2.45, 2.75) is 31.6 Å². The number of carboxylic acids is 1. The number of hydrogen-bond donors (Lipinski definition) is 2. The molecule has 0 saturated carbocycles. The monoisotopic (exact) mass is 323 g/mol. The predicted octanol–water partition coefficient (Wildman–Crippen LogP) is 2.15. The molecule has 2 N–H and O–H groups in total. The van der Waals surface area contributed by atoms with E-state index in [0.29, 0.717) is 6.42 Å². The second kappa shape index (κ2) is 7.01. The zero-order valence-electron chi connectivity index (χ0n) is 10.8. The Bertz CT molecular complexity index is 591. The summed E-state index contributed by atoms with van der Waals surface area (Å²) in [6.45, 7) is 1.75. The van der Waals surface area contributed by atoms with Crippen LogP contribution in [0, 0.1) is 5.82 Å². The van der Waals surface area contributed by atoms with Crippen LogP contribution in [-0.4, -0.2) is 25.5 Å². The van der Waals surface area contributed by atoms with Crippen LogP contribution in [-0.2, 0) is 20.6 Å². The zero-order chi connectivity index (χ0) is 15.3. The lowest BCUT2D eigenvalue weighted by atomic mass is 10.2. The van der Waals surface area contributed by atoms with Crippen LogP contribution in [0.15, 0.2) is 18.2 Å². The van der Waals surface area contributed by atoms with Gasteiger partial charge >= 0.3 is 5.97 Å². The highest BCUT2D eigenvalue weighted by Crippen LogP contribution is 2.17. The van der Waals surface area contributed by atoms with E-state index >= 15 is 0 Å². The molecule has 0 aliphatic rings. The van der Waals surface area contributed by atoms with Crippen molar-refractivity contribution in [3.8, 4) is 0 Å². The summed E-state index contributed by atoms with van der Waals surface area (Å²) in [7, 11) is -3.87. The first-order chi connectivity index (χ1) is 9.25. The maximum absolute atomic E-state index is 13.2. The Kier molecular flexibility index (Phi) is 5.91. The molecule has 8 heteroatoms. The molecule has 1 rings (SSSR count). The Labute approximate surface area is 121 Å². The Morgan fingerprint density at radius 3 is 2.65 bits per heavy atom. The number of carboxylic acid groups (broad SMARTS) is 1. The number of rotatable bonds is 7. The molecule has 1 aromatic carbocycles. The van der Waals surface area contributed by atoms with Gasteiger partial charge in [-0.25, -0.2) is 17.5 Å². The summed E-state index contributed by atoms with van der Waals surface area (Å²) in [6, 6.07) is 2.46. The minimum Gasteiger partial charge on any atom is -0.480 e. The van der Waals surface area contributed by atoms with Crippen LogP contribution >= 0.6 is 11.6 Å². The van der Waals surface area contributed by atoms with Gasteiger partial charge in [0.1, 0.15) is 11.9 Å². The van der Waals surface area contributed by atoms with Crippen LogP contribution in [0.1, 0.15) is 25.3 Å². The molecule has 0 aliphatic carbocycles. The smallest absolute Gasteiger partial charge is 0.321 e. The highest BCUT2D eigenvalue weighted by atomic mass is 35.5. The van der Waals surface area contributed by atoms with Crippen molar-refractivity contribution in [2.24, 2.45) is 0 Å². The highest BCUT2D eigenvalue weighted by Gasteiger charge is 2.23. The first kappa shape index (κ1) is 16.9. The minimum absolute atomic E-state index is 0.103. The van der Waals surface area contributed by atoms with Crippen LogP contribution in [0.4, 0.5) is 4.39 Å². The third-order valence-corrected chi connectivity index (χ3v) is 4.20. The van der Waals surface area contributed by atoms with E-state index in [0.717, 1.165) is 6.07 Å². The number of halogens is 2. The van der Waals surface area contributed by atoms with Crippen LogP contribution in [0.5, 0.6) is 0 Å². The fourth-order valence-electron chi connectivity index (χ4n) is 1.63. The molecule has 0 aromatic heterocycles. The third-order valence-electron chi connectivity index (χ3n) is 2.54. The van der Waals surface area contributed by atoms with Gasteiger partial charge in [0.25, 0.3) is 0 Å². The summed E-state index contributed by atoms with van der Waals surface area (Å²) in [6.07, 6.45) is 0.707. The van der Waals surface area contributed by atoms with E-state index in [1.807, 2.05) is 0 Å². The average Bonchev–Trinajstić information content (AvgIpc) is 2.32. The molecule has 0 aliphatic heterocycles. The standard InChI is InChI=1S/C12H15ClFNO4S/c1-2-3-11(12(16)17)15-20(18,19)7-8-4-5-9(13)10(14)6-8/h4-6,11,15H,2-3,7H2,1H3,(H,16,17). The highest BCUT2D eigenvalue weighted by molar-refractivity contribution is 7.88. The summed E-state index contributed by atoms with van der Waals surface area (Å²) < 4.78 is 39.0. The van der Waals surface area contributed by atoms with E-state index in [4.69, 9.17) is 16.7 Å². The van der Waals surface area contributed by atoms with E-state index < -0.39 is 33.6 Å². The Hall–Kier alpha value is -1.18. The molecule has 112 valence electrons. The van der Waals surface area contributed by atoms with Crippen LogP contribution in [0.2, 0.25) is 5.02 Å². The van der Waals surface area contributed by atoms with E-state index in [9.17, 15) is 17.6 Å². The molecule has 20 heavy (non-hydrogen) atoms. The quantitative estimate of drug-likeness (QED) is 0.805. The Morgan fingerprint density at radius 2 is 2.15 bits per heavy atom. The largest absolute Gasteiger partial charge is 0.480 e. The second-order valence-corrected chi connectivity index (χ2v) is 6.47. The molecule has 5 nitrogen and oxygen atoms in total. The molecule has 1 unspecified atom stereocenters. The van der Waals surface area contributed by atoms with Crippen molar-refractivity contribution in [1.82, 2.24) is 4.72 Å². The van der Waals surface area contributed by atoms with Gasteiger partial charge < -0.3 is 5.11 Å². The van der Waals surface area contributed by atoms with Gasteiger partial charge in [-0.3, -0.25) is 4.79 Å². The van der Waals surface area contributed by atoms with E-state index in [1.54, 1.807) is 6.92 Å². The molecule has 0 fully saturated rings. The SMILES string of the molecule is CCCC(NS(=O)(=O)Cc1ccc(Cl)c(F)c1)C(=O)O. The fraction of sp³-hybridized carbons (Fsp3) is 0.417. The van der Waals surface area contributed by atoms with Crippen molar-refractivity contribution in [2.75, 3.05) is 0 Å². The van der Waals surface area contributed by atoms with Crippen molar-refractivity contribution in [3.05, 3.63) is 34.6 Å². The van der Waals surface area contributed by atoms with Gasteiger partial charge in [-0.2, -0.15) is 0 Å². The third kappa shape index (κ3) is 5.07. The lowest BCUT2D eigenvalue weighted by molar-refractivity contribution is -0.139. The molecule has 0 radical (unpaired) electrons. The molecule has 0 spiro atoms. The summed E-state index contributed by atoms with van der Waals surface area (Å²) in [5, 5.41) is 8.81.